The number of carbonyl (C=O) groups excluding carboxylic acids is 2. The van der Waals surface area contributed by atoms with Gasteiger partial charge in [0.05, 0.1) is 11.6 Å². The number of rotatable bonds is 4. The van der Waals surface area contributed by atoms with Crippen LogP contribution in [0.2, 0.25) is 0 Å². The molecule has 0 saturated carbocycles. The van der Waals surface area contributed by atoms with Crippen LogP contribution in [0, 0.1) is 12.7 Å². The molecule has 3 heterocycles. The van der Waals surface area contributed by atoms with Gasteiger partial charge in [0.25, 0.3) is 11.7 Å². The van der Waals surface area contributed by atoms with E-state index in [0.29, 0.717) is 5.56 Å². The number of ketones is 1. The summed E-state index contributed by atoms with van der Waals surface area (Å²) in [4.78, 5) is 31.8. The summed E-state index contributed by atoms with van der Waals surface area (Å²) in [5.41, 5.74) is 1.37. The minimum Gasteiger partial charge on any atom is -0.507 e. The van der Waals surface area contributed by atoms with Gasteiger partial charge in [-0.3, -0.25) is 14.6 Å². The number of aliphatic hydroxyl groups excluding tert-OH is 1. The molecule has 1 aliphatic heterocycles. The molecule has 0 radical (unpaired) electrons. The first-order valence-electron chi connectivity index (χ1n) is 8.94. The molecule has 1 atom stereocenters. The average molecular weight is 408 g/mol. The number of aliphatic hydroxyl groups is 1. The normalized spacial score (nSPS) is 18.4. The fourth-order valence-electron chi connectivity index (χ4n) is 3.37. The Balaban J connectivity index is 1.84. The number of hydrogen-bond acceptors (Lipinski definition) is 5. The number of Topliss-reactive ketones (excluding diaryl/α,β-unsaturated/α-hetero) is 1. The predicted molar refractivity (Wildman–Crippen MR) is 108 cm³/mol. The topological polar surface area (TPSA) is 70.5 Å². The van der Waals surface area contributed by atoms with Gasteiger partial charge in [-0.15, -0.1) is 11.3 Å². The molecular weight excluding hydrogens is 391 g/mol. The van der Waals surface area contributed by atoms with Crippen molar-refractivity contribution in [3.05, 3.63) is 93.2 Å². The number of benzene rings is 1. The van der Waals surface area contributed by atoms with Crippen LogP contribution in [0.3, 0.4) is 0 Å². The molecular formula is C22H17FN2O3S. The second-order valence-electron chi connectivity index (χ2n) is 6.76. The van der Waals surface area contributed by atoms with E-state index in [1.807, 2.05) is 17.5 Å². The maximum Gasteiger partial charge on any atom is 0.295 e. The van der Waals surface area contributed by atoms with Crippen LogP contribution in [-0.4, -0.2) is 26.7 Å². The molecule has 5 nitrogen and oxygen atoms in total. The lowest BCUT2D eigenvalue weighted by Gasteiger charge is -2.24. The van der Waals surface area contributed by atoms with Crippen LogP contribution in [0.4, 0.5) is 4.39 Å². The number of amides is 1. The Kier molecular flexibility index (Phi) is 4.98. The summed E-state index contributed by atoms with van der Waals surface area (Å²) in [5.74, 6) is -2.35. The van der Waals surface area contributed by atoms with Crippen molar-refractivity contribution in [3.8, 4) is 0 Å². The van der Waals surface area contributed by atoms with Crippen molar-refractivity contribution in [2.45, 2.75) is 19.5 Å². The predicted octanol–water partition coefficient (Wildman–Crippen LogP) is 4.21. The number of likely N-dealkylation sites (tertiary alicyclic amines) is 1. The van der Waals surface area contributed by atoms with Crippen molar-refractivity contribution in [3.63, 3.8) is 0 Å². The van der Waals surface area contributed by atoms with E-state index in [1.165, 1.54) is 34.4 Å². The standard InChI is InChI=1S/C22H17FN2O3S/c1-13-4-5-15(11-16(13)23)20(26)18-19(17-3-2-10-29-17)25(22(28)21(18)27)12-14-6-8-24-9-7-14/h2-11,19,26H,12H2,1H3/t19-/m0/s1. The summed E-state index contributed by atoms with van der Waals surface area (Å²) >= 11 is 1.38. The highest BCUT2D eigenvalue weighted by Gasteiger charge is 2.46. The number of aromatic nitrogens is 1. The number of thiophene rings is 1. The lowest BCUT2D eigenvalue weighted by Crippen LogP contribution is -2.28. The highest BCUT2D eigenvalue weighted by Crippen LogP contribution is 2.41. The average Bonchev–Trinajstić information content (AvgIpc) is 3.33. The summed E-state index contributed by atoms with van der Waals surface area (Å²) in [6.45, 7) is 1.80. The van der Waals surface area contributed by atoms with E-state index < -0.39 is 23.5 Å². The molecule has 1 saturated heterocycles. The zero-order valence-corrected chi connectivity index (χ0v) is 16.3. The Morgan fingerprint density at radius 3 is 2.62 bits per heavy atom. The van der Waals surface area contributed by atoms with Crippen molar-refractivity contribution >= 4 is 28.8 Å². The molecule has 146 valence electrons. The van der Waals surface area contributed by atoms with E-state index in [4.69, 9.17) is 0 Å². The Morgan fingerprint density at radius 1 is 1.21 bits per heavy atom. The molecule has 7 heteroatoms. The molecule has 1 aliphatic rings. The molecule has 0 unspecified atom stereocenters. The van der Waals surface area contributed by atoms with E-state index in [0.717, 1.165) is 10.4 Å². The van der Waals surface area contributed by atoms with E-state index in [9.17, 15) is 19.1 Å². The lowest BCUT2D eigenvalue weighted by molar-refractivity contribution is -0.140. The van der Waals surface area contributed by atoms with E-state index in [2.05, 4.69) is 4.98 Å². The highest BCUT2D eigenvalue weighted by molar-refractivity contribution is 7.10. The summed E-state index contributed by atoms with van der Waals surface area (Å²) < 4.78 is 14.0. The molecule has 2 aromatic heterocycles. The number of aryl methyl sites for hydroxylation is 1. The summed E-state index contributed by atoms with van der Waals surface area (Å²) in [6, 6.07) is 10.6. The molecule has 0 spiro atoms. The van der Waals surface area contributed by atoms with Crippen LogP contribution in [0.5, 0.6) is 0 Å². The Labute approximate surface area is 170 Å². The zero-order chi connectivity index (χ0) is 20.5. The molecule has 29 heavy (non-hydrogen) atoms. The van der Waals surface area contributed by atoms with Gasteiger partial charge in [0.15, 0.2) is 0 Å². The monoisotopic (exact) mass is 408 g/mol. The first-order valence-corrected chi connectivity index (χ1v) is 9.82. The van der Waals surface area contributed by atoms with Crippen molar-refractivity contribution in [2.75, 3.05) is 0 Å². The van der Waals surface area contributed by atoms with Gasteiger partial charge in [-0.2, -0.15) is 0 Å². The second kappa shape index (κ2) is 7.60. The largest absolute Gasteiger partial charge is 0.507 e. The Hall–Kier alpha value is -3.32. The first kappa shape index (κ1) is 19.0. The van der Waals surface area contributed by atoms with Crippen molar-refractivity contribution in [2.24, 2.45) is 0 Å². The summed E-state index contributed by atoms with van der Waals surface area (Å²) in [6.07, 6.45) is 3.22. The summed E-state index contributed by atoms with van der Waals surface area (Å²) in [5, 5.41) is 12.7. The molecule has 3 aromatic rings. The van der Waals surface area contributed by atoms with Crippen molar-refractivity contribution in [1.82, 2.24) is 9.88 Å². The molecule has 0 aliphatic carbocycles. The fourth-order valence-corrected chi connectivity index (χ4v) is 4.21. The van der Waals surface area contributed by atoms with E-state index in [1.54, 1.807) is 31.5 Å². The van der Waals surface area contributed by atoms with Gasteiger partial charge >= 0.3 is 0 Å². The molecule has 0 bridgehead atoms. The number of hydrogen-bond donors (Lipinski definition) is 1. The van der Waals surface area contributed by atoms with Crippen LogP contribution >= 0.6 is 11.3 Å². The summed E-state index contributed by atoms with van der Waals surface area (Å²) in [7, 11) is 0. The van der Waals surface area contributed by atoms with E-state index >= 15 is 0 Å². The highest BCUT2D eigenvalue weighted by atomic mass is 32.1. The Bertz CT molecular complexity index is 1110. The van der Waals surface area contributed by atoms with E-state index in [-0.39, 0.29) is 23.4 Å². The van der Waals surface area contributed by atoms with Gasteiger partial charge in [0.2, 0.25) is 0 Å². The molecule has 1 N–H and O–H groups in total. The van der Waals surface area contributed by atoms with Gasteiger partial charge < -0.3 is 10.0 Å². The van der Waals surface area contributed by atoms with Crippen LogP contribution in [0.25, 0.3) is 5.76 Å². The van der Waals surface area contributed by atoms with Crippen LogP contribution in [0.15, 0.2) is 65.8 Å². The van der Waals surface area contributed by atoms with Crippen LogP contribution < -0.4 is 0 Å². The SMILES string of the molecule is Cc1ccc(C(O)=C2C(=O)C(=O)N(Cc3ccncc3)[C@H]2c2cccs2)cc1F. The third-order valence-electron chi connectivity index (χ3n) is 4.90. The third-order valence-corrected chi connectivity index (χ3v) is 5.82. The zero-order valence-electron chi connectivity index (χ0n) is 15.5. The Morgan fingerprint density at radius 2 is 1.97 bits per heavy atom. The van der Waals surface area contributed by atoms with Gasteiger partial charge in [0, 0.05) is 29.4 Å². The molecule has 1 aromatic carbocycles. The molecule has 1 fully saturated rings. The van der Waals surface area contributed by atoms with Gasteiger partial charge in [-0.25, -0.2) is 4.39 Å². The fraction of sp³-hybridized carbons (Fsp3) is 0.136. The van der Waals surface area contributed by atoms with Gasteiger partial charge in [0.1, 0.15) is 11.6 Å². The minimum atomic E-state index is -0.782. The number of nitrogens with zero attached hydrogens (tertiary/aromatic N) is 2. The van der Waals surface area contributed by atoms with Crippen LogP contribution in [-0.2, 0) is 16.1 Å². The smallest absolute Gasteiger partial charge is 0.295 e. The number of carbonyl (C=O) groups is 2. The van der Waals surface area contributed by atoms with Gasteiger partial charge in [-0.1, -0.05) is 18.2 Å². The quantitative estimate of drug-likeness (QED) is 0.399. The molecule has 4 rings (SSSR count). The number of pyridine rings is 1. The molecule has 1 amide bonds. The second-order valence-corrected chi connectivity index (χ2v) is 7.74. The lowest BCUT2D eigenvalue weighted by atomic mass is 9.99. The van der Waals surface area contributed by atoms with Gasteiger partial charge in [-0.05, 0) is 47.7 Å². The first-order chi connectivity index (χ1) is 14.0. The van der Waals surface area contributed by atoms with Crippen molar-refractivity contribution in [1.29, 1.82) is 0 Å². The third kappa shape index (κ3) is 3.45. The minimum absolute atomic E-state index is 0.0326. The number of halogens is 1. The van der Waals surface area contributed by atoms with Crippen molar-refractivity contribution < 1.29 is 19.1 Å². The van der Waals surface area contributed by atoms with Crippen LogP contribution in [0.1, 0.15) is 27.6 Å². The maximum absolute atomic E-state index is 14.0. The maximum atomic E-state index is 14.0.